The standard InChI is InChI=1S/C15H17F2NO3/c16-11-8-10(15(14(19)20)2-1-3-15)13(9-12(11)17)18-4-6-21-7-5-18/h8-9H,1-7H2,(H,19,20). The lowest BCUT2D eigenvalue weighted by molar-refractivity contribution is -0.147. The first-order valence-electron chi connectivity index (χ1n) is 7.10. The van der Waals surface area contributed by atoms with Crippen molar-refractivity contribution in [3.63, 3.8) is 0 Å². The molecule has 2 aliphatic rings. The number of morpholine rings is 1. The number of aliphatic carboxylic acids is 1. The van der Waals surface area contributed by atoms with Gasteiger partial charge >= 0.3 is 5.97 Å². The van der Waals surface area contributed by atoms with Gasteiger partial charge in [0.1, 0.15) is 0 Å². The second-order valence-corrected chi connectivity index (χ2v) is 5.62. The molecule has 0 radical (unpaired) electrons. The summed E-state index contributed by atoms with van der Waals surface area (Å²) in [6.07, 6.45) is 1.71. The number of rotatable bonds is 3. The molecule has 1 heterocycles. The first kappa shape index (κ1) is 14.3. The van der Waals surface area contributed by atoms with Crippen molar-refractivity contribution in [2.75, 3.05) is 31.2 Å². The molecule has 4 nitrogen and oxygen atoms in total. The molecule has 3 rings (SSSR count). The third-order valence-electron chi connectivity index (χ3n) is 4.52. The van der Waals surface area contributed by atoms with Crippen LogP contribution in [0.25, 0.3) is 0 Å². The molecule has 0 amide bonds. The second-order valence-electron chi connectivity index (χ2n) is 5.62. The minimum Gasteiger partial charge on any atom is -0.481 e. The smallest absolute Gasteiger partial charge is 0.314 e. The molecular weight excluding hydrogens is 280 g/mol. The third-order valence-corrected chi connectivity index (χ3v) is 4.52. The predicted octanol–water partition coefficient (Wildman–Crippen LogP) is 2.31. The summed E-state index contributed by atoms with van der Waals surface area (Å²) in [5.74, 6) is -2.90. The van der Waals surface area contributed by atoms with Gasteiger partial charge in [0.15, 0.2) is 11.6 Å². The number of hydrogen-bond acceptors (Lipinski definition) is 3. The van der Waals surface area contributed by atoms with Gasteiger partial charge in [0, 0.05) is 24.8 Å². The Balaban J connectivity index is 2.09. The van der Waals surface area contributed by atoms with Crippen LogP contribution in [-0.2, 0) is 14.9 Å². The highest BCUT2D eigenvalue weighted by Crippen LogP contribution is 2.48. The minimum atomic E-state index is -1.08. The Morgan fingerprint density at radius 3 is 2.33 bits per heavy atom. The van der Waals surface area contributed by atoms with Gasteiger partial charge in [-0.1, -0.05) is 6.42 Å². The highest BCUT2D eigenvalue weighted by molar-refractivity contribution is 5.85. The largest absolute Gasteiger partial charge is 0.481 e. The van der Waals surface area contributed by atoms with Crippen LogP contribution in [0.1, 0.15) is 24.8 Å². The highest BCUT2D eigenvalue weighted by atomic mass is 19.2. The molecule has 0 atom stereocenters. The van der Waals surface area contributed by atoms with Crippen molar-refractivity contribution >= 4 is 11.7 Å². The van der Waals surface area contributed by atoms with Gasteiger partial charge in [-0.05, 0) is 24.5 Å². The maximum atomic E-state index is 13.7. The average molecular weight is 297 g/mol. The summed E-state index contributed by atoms with van der Waals surface area (Å²) in [6, 6.07) is 2.19. The molecule has 114 valence electrons. The number of benzene rings is 1. The molecule has 1 aromatic rings. The Kier molecular flexibility index (Phi) is 3.57. The van der Waals surface area contributed by atoms with Crippen LogP contribution in [0.5, 0.6) is 0 Å². The number of halogens is 2. The third kappa shape index (κ3) is 2.27. The van der Waals surface area contributed by atoms with Gasteiger partial charge in [0.05, 0.1) is 18.6 Å². The Hall–Kier alpha value is -1.69. The molecular formula is C15H17F2NO3. The lowest BCUT2D eigenvalue weighted by Gasteiger charge is -2.41. The van der Waals surface area contributed by atoms with E-state index >= 15 is 0 Å². The number of anilines is 1. The summed E-state index contributed by atoms with van der Waals surface area (Å²) in [4.78, 5) is 13.6. The maximum Gasteiger partial charge on any atom is 0.314 e. The number of ether oxygens (including phenoxy) is 1. The zero-order valence-electron chi connectivity index (χ0n) is 11.6. The van der Waals surface area contributed by atoms with Gasteiger partial charge in [0.25, 0.3) is 0 Å². The normalized spacial score (nSPS) is 21.0. The van der Waals surface area contributed by atoms with Crippen LogP contribution in [0.15, 0.2) is 12.1 Å². The molecule has 0 aromatic heterocycles. The van der Waals surface area contributed by atoms with Crippen molar-refractivity contribution in [1.82, 2.24) is 0 Å². The summed E-state index contributed by atoms with van der Waals surface area (Å²) in [5.41, 5.74) is -0.205. The van der Waals surface area contributed by atoms with Gasteiger partial charge in [-0.3, -0.25) is 4.79 Å². The minimum absolute atomic E-state index is 0.391. The summed E-state index contributed by atoms with van der Waals surface area (Å²) in [7, 11) is 0. The van der Waals surface area contributed by atoms with E-state index in [1.54, 1.807) is 0 Å². The average Bonchev–Trinajstić information content (AvgIpc) is 2.42. The molecule has 1 N–H and O–H groups in total. The lowest BCUT2D eigenvalue weighted by Crippen LogP contribution is -2.45. The zero-order valence-corrected chi connectivity index (χ0v) is 11.6. The number of nitrogens with zero attached hydrogens (tertiary/aromatic N) is 1. The van der Waals surface area contributed by atoms with Crippen LogP contribution in [0.3, 0.4) is 0 Å². The van der Waals surface area contributed by atoms with Crippen molar-refractivity contribution in [1.29, 1.82) is 0 Å². The SMILES string of the molecule is O=C(O)C1(c2cc(F)c(F)cc2N2CCOCC2)CCC1. The topological polar surface area (TPSA) is 49.8 Å². The van der Waals surface area contributed by atoms with Gasteiger partial charge in [0.2, 0.25) is 0 Å². The maximum absolute atomic E-state index is 13.7. The van der Waals surface area contributed by atoms with E-state index in [4.69, 9.17) is 4.74 Å². The van der Waals surface area contributed by atoms with Crippen molar-refractivity contribution < 1.29 is 23.4 Å². The predicted molar refractivity (Wildman–Crippen MR) is 72.6 cm³/mol. The molecule has 1 saturated carbocycles. The van der Waals surface area contributed by atoms with Crippen molar-refractivity contribution in [3.8, 4) is 0 Å². The first-order chi connectivity index (χ1) is 10.0. The van der Waals surface area contributed by atoms with E-state index in [1.807, 2.05) is 4.90 Å². The number of carbonyl (C=O) groups is 1. The van der Waals surface area contributed by atoms with Gasteiger partial charge in [-0.15, -0.1) is 0 Å². The number of carboxylic acids is 1. The van der Waals surface area contributed by atoms with E-state index in [1.165, 1.54) is 0 Å². The Morgan fingerprint density at radius 1 is 1.19 bits per heavy atom. The van der Waals surface area contributed by atoms with Crippen LogP contribution >= 0.6 is 0 Å². The summed E-state index contributed by atoms with van der Waals surface area (Å²) < 4.78 is 32.6. The van der Waals surface area contributed by atoms with Crippen LogP contribution in [0, 0.1) is 11.6 Å². The summed E-state index contributed by atoms with van der Waals surface area (Å²) in [5, 5.41) is 9.56. The van der Waals surface area contributed by atoms with Crippen molar-refractivity contribution in [2.24, 2.45) is 0 Å². The highest BCUT2D eigenvalue weighted by Gasteiger charge is 2.48. The van der Waals surface area contributed by atoms with E-state index in [0.29, 0.717) is 50.4 Å². The molecule has 2 fully saturated rings. The lowest BCUT2D eigenvalue weighted by atomic mass is 9.64. The first-order valence-corrected chi connectivity index (χ1v) is 7.10. The van der Waals surface area contributed by atoms with Crippen LogP contribution in [0.4, 0.5) is 14.5 Å². The van der Waals surface area contributed by atoms with E-state index in [2.05, 4.69) is 0 Å². The fraction of sp³-hybridized carbons (Fsp3) is 0.533. The molecule has 1 aromatic carbocycles. The van der Waals surface area contributed by atoms with E-state index < -0.39 is 23.0 Å². The zero-order chi connectivity index (χ0) is 15.0. The Bertz CT molecular complexity index is 566. The van der Waals surface area contributed by atoms with Gasteiger partial charge in [-0.2, -0.15) is 0 Å². The summed E-state index contributed by atoms with van der Waals surface area (Å²) >= 11 is 0. The van der Waals surface area contributed by atoms with Crippen molar-refractivity contribution in [2.45, 2.75) is 24.7 Å². The van der Waals surface area contributed by atoms with Crippen molar-refractivity contribution in [3.05, 3.63) is 29.3 Å². The quantitative estimate of drug-likeness (QED) is 0.930. The molecule has 21 heavy (non-hydrogen) atoms. The molecule has 1 aliphatic heterocycles. The molecule has 0 unspecified atom stereocenters. The van der Waals surface area contributed by atoms with Gasteiger partial charge in [-0.25, -0.2) is 8.78 Å². The monoisotopic (exact) mass is 297 g/mol. The van der Waals surface area contributed by atoms with E-state index in [0.717, 1.165) is 18.6 Å². The molecule has 0 spiro atoms. The van der Waals surface area contributed by atoms with E-state index in [9.17, 15) is 18.7 Å². The van der Waals surface area contributed by atoms with E-state index in [-0.39, 0.29) is 0 Å². The number of hydrogen-bond donors (Lipinski definition) is 1. The Labute approximate surface area is 121 Å². The molecule has 0 bridgehead atoms. The molecule has 1 aliphatic carbocycles. The van der Waals surface area contributed by atoms with Crippen LogP contribution in [0.2, 0.25) is 0 Å². The summed E-state index contributed by atoms with van der Waals surface area (Å²) in [6.45, 7) is 2.10. The molecule has 6 heteroatoms. The van der Waals surface area contributed by atoms with Crippen LogP contribution in [-0.4, -0.2) is 37.4 Å². The van der Waals surface area contributed by atoms with Gasteiger partial charge < -0.3 is 14.7 Å². The second kappa shape index (κ2) is 5.26. The fourth-order valence-corrected chi connectivity index (χ4v) is 3.11. The number of carboxylic acid groups (broad SMARTS) is 1. The molecule has 1 saturated heterocycles. The Morgan fingerprint density at radius 2 is 1.81 bits per heavy atom. The fourth-order valence-electron chi connectivity index (χ4n) is 3.11. The van der Waals surface area contributed by atoms with Crippen LogP contribution < -0.4 is 4.90 Å².